The number of allylic oxidation sites excluding steroid dienone is 2. The SMILES string of the molecule is COCCOCOc1cc(C(ON=S2CC(CC(=O)N[C@@H]3C(=O)N4C(C(=O)O)=C(C=CCCl)CSC34)=NC2=NC(c2ccccc2)(c2ccccc2)c2ccccc2)C(=O)OC(c2ccccc2)c2ccccc2)cc(Cl)c1OCOCCOC. The number of thioether (sulfide) groups is 1. The molecule has 0 aromatic heterocycles. The fraction of sp³-hybridized carbons (Fsp3) is 0.270. The number of nitrogens with one attached hydrogen (secondary N) is 1. The second-order valence-corrected chi connectivity index (χ2v) is 22.5. The summed E-state index contributed by atoms with van der Waals surface area (Å²) in [5.74, 6) is -2.68. The summed E-state index contributed by atoms with van der Waals surface area (Å²) in [7, 11) is 1.61. The predicted octanol–water partition coefficient (Wildman–Crippen LogP) is 10.2. The average Bonchev–Trinajstić information content (AvgIpc) is 2.82. The maximum Gasteiger partial charge on any atom is 0.352 e. The molecule has 442 valence electrons. The van der Waals surface area contributed by atoms with E-state index in [1.54, 1.807) is 26.4 Å². The molecule has 9 rings (SSSR count). The molecular formula is C63H61Cl2N5O13S2. The van der Waals surface area contributed by atoms with Gasteiger partial charge in [-0.05, 0) is 45.5 Å². The molecule has 2 N–H and O–H groups in total. The van der Waals surface area contributed by atoms with Gasteiger partial charge in [0.25, 0.3) is 5.91 Å². The Morgan fingerprint density at radius 1 is 0.788 bits per heavy atom. The van der Waals surface area contributed by atoms with Gasteiger partial charge >= 0.3 is 11.9 Å². The molecule has 3 heterocycles. The number of alkyl halides is 1. The van der Waals surface area contributed by atoms with Crippen LogP contribution in [0.1, 0.15) is 52.0 Å². The van der Waals surface area contributed by atoms with Gasteiger partial charge in [0.15, 0.2) is 36.4 Å². The summed E-state index contributed by atoms with van der Waals surface area (Å²) in [4.78, 5) is 74.2. The van der Waals surface area contributed by atoms with Gasteiger partial charge < -0.3 is 43.6 Å². The number of benzene rings is 6. The second-order valence-electron chi connectivity index (χ2n) is 19.1. The number of carboxylic acids is 1. The van der Waals surface area contributed by atoms with Crippen LogP contribution in [0.3, 0.4) is 0 Å². The quantitative estimate of drug-likeness (QED) is 0.00851. The van der Waals surface area contributed by atoms with Crippen LogP contribution in [0, 0.1) is 0 Å². The highest BCUT2D eigenvalue weighted by Crippen LogP contribution is 2.44. The molecule has 85 heavy (non-hydrogen) atoms. The Kier molecular flexibility index (Phi) is 22.3. The molecule has 0 spiro atoms. The van der Waals surface area contributed by atoms with Gasteiger partial charge in [-0.3, -0.25) is 14.5 Å². The van der Waals surface area contributed by atoms with Crippen molar-refractivity contribution in [3.63, 3.8) is 0 Å². The van der Waals surface area contributed by atoms with Crippen LogP contribution in [0.15, 0.2) is 202 Å². The molecule has 1 saturated heterocycles. The van der Waals surface area contributed by atoms with E-state index < -0.39 is 63.6 Å². The minimum atomic E-state index is -1.66. The van der Waals surface area contributed by atoms with Crippen molar-refractivity contribution >= 4 is 80.3 Å². The molecule has 3 aliphatic heterocycles. The van der Waals surface area contributed by atoms with Gasteiger partial charge in [0.2, 0.25) is 12.0 Å². The Hall–Kier alpha value is -7.50. The fourth-order valence-electron chi connectivity index (χ4n) is 9.61. The molecular weight excluding hydrogens is 1170 g/mol. The molecule has 0 saturated carbocycles. The number of nitrogens with zero attached hydrogens (tertiary/aromatic N) is 4. The molecule has 0 radical (unpaired) electrons. The van der Waals surface area contributed by atoms with Crippen LogP contribution >= 0.6 is 35.0 Å². The number of aliphatic carboxylic acids is 1. The molecule has 6 aromatic carbocycles. The molecule has 6 aromatic rings. The lowest BCUT2D eigenvalue weighted by molar-refractivity contribution is -0.161. The van der Waals surface area contributed by atoms with Crippen LogP contribution in [0.5, 0.6) is 11.5 Å². The van der Waals surface area contributed by atoms with Gasteiger partial charge in [-0.15, -0.1) is 27.9 Å². The summed E-state index contributed by atoms with van der Waals surface area (Å²) < 4.78 is 45.1. The molecule has 0 bridgehead atoms. The average molecular weight is 1230 g/mol. The van der Waals surface area contributed by atoms with Gasteiger partial charge in [-0.2, -0.15) is 0 Å². The van der Waals surface area contributed by atoms with Crippen molar-refractivity contribution < 1.29 is 62.3 Å². The van der Waals surface area contributed by atoms with Gasteiger partial charge in [0.05, 0.1) is 43.6 Å². The number of hydrogen-bond acceptors (Lipinski definition) is 15. The second kappa shape index (κ2) is 30.5. The number of carboxylic acid groups (broad SMARTS) is 1. The summed E-state index contributed by atoms with van der Waals surface area (Å²) in [5, 5.41) is 12.6. The van der Waals surface area contributed by atoms with Crippen molar-refractivity contribution in [3.05, 3.63) is 226 Å². The Bertz CT molecular complexity index is 3300. The zero-order valence-electron chi connectivity index (χ0n) is 46.3. The highest BCUT2D eigenvalue weighted by atomic mass is 35.5. The minimum absolute atomic E-state index is 0.00596. The first-order valence-electron chi connectivity index (χ1n) is 26.9. The number of methoxy groups -OCH3 is 2. The number of β-lactam (4-membered cyclic amide) rings is 1. The maximum atomic E-state index is 15.3. The van der Waals surface area contributed by atoms with Gasteiger partial charge in [-0.1, -0.05) is 175 Å². The smallest absolute Gasteiger partial charge is 0.352 e. The first-order chi connectivity index (χ1) is 41.5. The zero-order chi connectivity index (χ0) is 59.5. The van der Waals surface area contributed by atoms with Crippen molar-refractivity contribution in [2.45, 2.75) is 35.6 Å². The van der Waals surface area contributed by atoms with Gasteiger partial charge in [0.1, 0.15) is 22.7 Å². The third-order valence-electron chi connectivity index (χ3n) is 13.6. The van der Waals surface area contributed by atoms with Crippen LogP contribution in [-0.2, 0) is 63.9 Å². The number of amides is 2. The lowest BCUT2D eigenvalue weighted by Crippen LogP contribution is -2.70. The van der Waals surface area contributed by atoms with E-state index in [0.29, 0.717) is 35.6 Å². The summed E-state index contributed by atoms with van der Waals surface area (Å²) in [6, 6.07) is 49.6. The number of halogens is 2. The lowest BCUT2D eigenvalue weighted by atomic mass is 9.77. The third-order valence-corrected chi connectivity index (χ3v) is 16.8. The lowest BCUT2D eigenvalue weighted by Gasteiger charge is -2.49. The third kappa shape index (κ3) is 15.1. The number of rotatable bonds is 29. The normalized spacial score (nSPS) is 17.6. The Morgan fingerprint density at radius 2 is 1.34 bits per heavy atom. The predicted molar refractivity (Wildman–Crippen MR) is 326 cm³/mol. The van der Waals surface area contributed by atoms with E-state index in [9.17, 15) is 19.5 Å². The van der Waals surface area contributed by atoms with E-state index in [1.165, 1.54) is 28.8 Å². The highest BCUT2D eigenvalue weighted by Gasteiger charge is 2.54. The van der Waals surface area contributed by atoms with Crippen molar-refractivity contribution in [1.82, 2.24) is 10.2 Å². The topological polar surface area (TPSA) is 215 Å². The summed E-state index contributed by atoms with van der Waals surface area (Å²) in [5.41, 5.74) is 3.20. The molecule has 1 fully saturated rings. The molecule has 0 aliphatic carbocycles. The van der Waals surface area contributed by atoms with Gasteiger partial charge in [0, 0.05) is 47.8 Å². The Morgan fingerprint density at radius 3 is 1.88 bits per heavy atom. The molecule has 18 nitrogen and oxygen atoms in total. The minimum Gasteiger partial charge on any atom is -0.477 e. The first kappa shape index (κ1) is 62.0. The van der Waals surface area contributed by atoms with Crippen LogP contribution in [0.2, 0.25) is 5.02 Å². The number of fused-ring (bicyclic) bond motifs is 1. The highest BCUT2D eigenvalue weighted by molar-refractivity contribution is 8.03. The zero-order valence-corrected chi connectivity index (χ0v) is 49.5. The van der Waals surface area contributed by atoms with Gasteiger partial charge in [-0.25, -0.2) is 24.4 Å². The first-order valence-corrected chi connectivity index (χ1v) is 30.2. The number of aliphatic imine (C=N–C) groups is 2. The van der Waals surface area contributed by atoms with Crippen molar-refractivity contribution in [2.24, 2.45) is 14.5 Å². The van der Waals surface area contributed by atoms with Crippen molar-refractivity contribution in [1.29, 1.82) is 0 Å². The Labute approximate surface area is 508 Å². The van der Waals surface area contributed by atoms with Crippen LogP contribution in [0.25, 0.3) is 0 Å². The summed E-state index contributed by atoms with van der Waals surface area (Å²) in [6.07, 6.45) is 0.327. The maximum absolute atomic E-state index is 15.3. The van der Waals surface area contributed by atoms with Crippen LogP contribution < -0.4 is 14.8 Å². The monoisotopic (exact) mass is 1230 g/mol. The number of amidine groups is 1. The standard InChI is InChI=1S/C63H61Cl2N5O13S2/c1-76-31-33-78-40-80-51-36-45(35-50(65)57(51)81-41-79-34-32-77-2)56(61(75)82-55(42-19-8-3-9-20-42)43-21-10-4-11-22-43)83-69-85-39-49(37-52(71)67-53-58(72)70-54(60(73)74)44(23-18-30-64)38-84-59(53)70)66-62(85)68-63(46-24-12-5-13-25-46,47-26-14-6-15-27-47)48-28-16-7-17-29-48/h3-29,35-36,53,55-56,59H,30-34,37-41H2,1-2H3,(H,67,71)(H,73,74)/t53-,56?,59?,85?/m1/s1. The van der Waals surface area contributed by atoms with E-state index in [0.717, 1.165) is 16.7 Å². The number of carbonyl (C=O) groups is 4. The Balaban J connectivity index is 1.14. The van der Waals surface area contributed by atoms with E-state index in [1.807, 2.05) is 152 Å². The molecule has 4 atom stereocenters. The number of ether oxygens (including phenoxy) is 7. The molecule has 22 heteroatoms. The van der Waals surface area contributed by atoms with E-state index in [-0.39, 0.29) is 83.6 Å². The fourth-order valence-corrected chi connectivity index (χ4v) is 12.7. The van der Waals surface area contributed by atoms with E-state index in [2.05, 4.69) is 5.32 Å². The van der Waals surface area contributed by atoms with E-state index >= 15 is 4.79 Å². The van der Waals surface area contributed by atoms with Crippen LogP contribution in [0.4, 0.5) is 0 Å². The molecule has 2 amide bonds. The largest absolute Gasteiger partial charge is 0.477 e. The molecule has 3 aliphatic rings. The van der Waals surface area contributed by atoms with E-state index in [4.69, 9.17) is 75.7 Å². The number of hydrogen-bond donors (Lipinski definition) is 2. The summed E-state index contributed by atoms with van der Waals surface area (Å²) in [6.45, 7) is 0.535. The van der Waals surface area contributed by atoms with Crippen molar-refractivity contribution in [3.8, 4) is 11.5 Å². The number of carbonyl (C=O) groups excluding carboxylic acids is 3. The summed E-state index contributed by atoms with van der Waals surface area (Å²) >= 11 is 14.3. The van der Waals surface area contributed by atoms with Crippen LogP contribution in [-0.4, -0.2) is 128 Å². The number of esters is 1. The van der Waals surface area contributed by atoms with Crippen molar-refractivity contribution in [2.75, 3.05) is 71.6 Å². The molecule has 3 unspecified atom stereocenters.